The summed E-state index contributed by atoms with van der Waals surface area (Å²) in [7, 11) is 1.94. The normalized spacial score (nSPS) is 15.1. The molecule has 0 aliphatic carbocycles. The monoisotopic (exact) mass is 479 g/mol. The number of carbonyl (C=O) groups is 2. The van der Waals surface area contributed by atoms with Crippen LogP contribution in [0.1, 0.15) is 28.2 Å². The molecule has 6 nitrogen and oxygen atoms in total. The van der Waals surface area contributed by atoms with Gasteiger partial charge in [-0.2, -0.15) is 0 Å². The molecule has 168 valence electrons. The van der Waals surface area contributed by atoms with E-state index >= 15 is 0 Å². The average Bonchev–Trinajstić information content (AvgIpc) is 3.15. The van der Waals surface area contributed by atoms with Crippen LogP contribution in [0.5, 0.6) is 5.75 Å². The molecular weight excluding hydrogens is 460 g/mol. The maximum atomic E-state index is 14.9. The molecule has 2 heterocycles. The maximum Gasteiger partial charge on any atom is 0.263 e. The lowest BCUT2D eigenvalue weighted by Gasteiger charge is -2.27. The molecule has 2 aromatic carbocycles. The number of likely N-dealkylation sites (tertiary alicyclic amines) is 1. The summed E-state index contributed by atoms with van der Waals surface area (Å²) in [6, 6.07) is 7.31. The number of imide groups is 1. The van der Waals surface area contributed by atoms with E-state index in [4.69, 9.17) is 16.3 Å². The molecule has 1 aliphatic rings. The second-order valence-electron chi connectivity index (χ2n) is 7.64. The highest BCUT2D eigenvalue weighted by Gasteiger charge is 2.28. The molecule has 0 saturated carbocycles. The number of amides is 2. The van der Waals surface area contributed by atoms with E-state index in [9.17, 15) is 18.4 Å². The Morgan fingerprint density at radius 1 is 1.25 bits per heavy atom. The van der Waals surface area contributed by atoms with E-state index in [-0.39, 0.29) is 18.3 Å². The number of thiazole rings is 1. The highest BCUT2D eigenvalue weighted by Crippen LogP contribution is 2.28. The third-order valence-electron chi connectivity index (χ3n) is 5.35. The summed E-state index contributed by atoms with van der Waals surface area (Å²) in [6.45, 7) is 1.36. The molecule has 2 amide bonds. The Labute approximate surface area is 192 Å². The number of hydrogen-bond donors (Lipinski definition) is 1. The number of nitrogens with zero attached hydrogens (tertiary/aromatic N) is 2. The Morgan fingerprint density at radius 3 is 2.75 bits per heavy atom. The van der Waals surface area contributed by atoms with Crippen LogP contribution in [0.15, 0.2) is 30.3 Å². The summed E-state index contributed by atoms with van der Waals surface area (Å²) in [5.41, 5.74) is -0.159. The SMILES string of the molecule is CN1CCC(C(=O)NC(=O)c2c(F)ccc(OCc3nc4cc(Cl)ccc4s3)c2F)CC1. The van der Waals surface area contributed by atoms with Crippen molar-refractivity contribution in [3.8, 4) is 5.75 Å². The van der Waals surface area contributed by atoms with Crippen molar-refractivity contribution in [1.82, 2.24) is 15.2 Å². The fourth-order valence-electron chi connectivity index (χ4n) is 3.55. The number of halogens is 3. The second kappa shape index (κ2) is 9.48. The van der Waals surface area contributed by atoms with Gasteiger partial charge in [-0.15, -0.1) is 11.3 Å². The van der Waals surface area contributed by atoms with Gasteiger partial charge in [-0.05, 0) is 63.3 Å². The highest BCUT2D eigenvalue weighted by molar-refractivity contribution is 7.18. The van der Waals surface area contributed by atoms with Gasteiger partial charge in [0.2, 0.25) is 5.91 Å². The predicted octanol–water partition coefficient (Wildman–Crippen LogP) is 4.41. The van der Waals surface area contributed by atoms with Crippen LogP contribution in [0.4, 0.5) is 8.78 Å². The van der Waals surface area contributed by atoms with Crippen molar-refractivity contribution in [2.24, 2.45) is 5.92 Å². The van der Waals surface area contributed by atoms with E-state index in [2.05, 4.69) is 15.2 Å². The van der Waals surface area contributed by atoms with Crippen LogP contribution < -0.4 is 10.1 Å². The molecule has 0 radical (unpaired) electrons. The molecule has 0 atom stereocenters. The third kappa shape index (κ3) is 4.90. The lowest BCUT2D eigenvalue weighted by Crippen LogP contribution is -2.41. The third-order valence-corrected chi connectivity index (χ3v) is 6.60. The van der Waals surface area contributed by atoms with Crippen LogP contribution in [0.3, 0.4) is 0 Å². The Hall–Kier alpha value is -2.62. The number of ether oxygens (including phenoxy) is 1. The maximum absolute atomic E-state index is 14.9. The molecule has 32 heavy (non-hydrogen) atoms. The first-order valence-corrected chi connectivity index (χ1v) is 11.2. The van der Waals surface area contributed by atoms with Crippen molar-refractivity contribution in [2.75, 3.05) is 20.1 Å². The lowest BCUT2D eigenvalue weighted by molar-refractivity contribution is -0.125. The van der Waals surface area contributed by atoms with Crippen molar-refractivity contribution < 1.29 is 23.1 Å². The van der Waals surface area contributed by atoms with Gasteiger partial charge in [0, 0.05) is 10.9 Å². The Kier molecular flexibility index (Phi) is 6.68. The van der Waals surface area contributed by atoms with Gasteiger partial charge in [0.15, 0.2) is 11.6 Å². The topological polar surface area (TPSA) is 71.5 Å². The van der Waals surface area contributed by atoms with Crippen LogP contribution in [-0.4, -0.2) is 41.8 Å². The van der Waals surface area contributed by atoms with Gasteiger partial charge >= 0.3 is 0 Å². The summed E-state index contributed by atoms with van der Waals surface area (Å²) in [4.78, 5) is 31.3. The van der Waals surface area contributed by atoms with Gasteiger partial charge in [-0.1, -0.05) is 11.6 Å². The minimum absolute atomic E-state index is 0.0743. The number of nitrogens with one attached hydrogen (secondary N) is 1. The smallest absolute Gasteiger partial charge is 0.263 e. The molecule has 3 aromatic rings. The quantitative estimate of drug-likeness (QED) is 0.549. The fourth-order valence-corrected chi connectivity index (χ4v) is 4.58. The van der Waals surface area contributed by atoms with Crippen LogP contribution in [0.25, 0.3) is 10.2 Å². The molecule has 0 bridgehead atoms. The number of benzene rings is 2. The van der Waals surface area contributed by atoms with Crippen LogP contribution in [-0.2, 0) is 11.4 Å². The number of fused-ring (bicyclic) bond motifs is 1. The fraction of sp³-hybridized carbons (Fsp3) is 0.318. The molecular formula is C22H20ClF2N3O3S. The molecule has 1 N–H and O–H groups in total. The first-order chi connectivity index (χ1) is 15.3. The molecule has 0 spiro atoms. The first-order valence-electron chi connectivity index (χ1n) is 10.0. The van der Waals surface area contributed by atoms with Crippen molar-refractivity contribution >= 4 is 45.0 Å². The summed E-state index contributed by atoms with van der Waals surface area (Å²) in [5.74, 6) is -4.56. The molecule has 4 rings (SSSR count). The van der Waals surface area contributed by atoms with Crippen molar-refractivity contribution in [2.45, 2.75) is 19.4 Å². The standard InChI is InChI=1S/C22H20ClF2N3O3S/c1-28-8-6-12(7-9-28)21(29)27-22(30)19-14(24)3-4-16(20(19)25)31-11-18-26-15-10-13(23)2-5-17(15)32-18/h2-5,10,12H,6-9,11H2,1H3,(H,27,29,30). The van der Waals surface area contributed by atoms with Crippen LogP contribution in [0, 0.1) is 17.6 Å². The summed E-state index contributed by atoms with van der Waals surface area (Å²) < 4.78 is 35.5. The Morgan fingerprint density at radius 2 is 2.00 bits per heavy atom. The van der Waals surface area contributed by atoms with E-state index in [1.165, 1.54) is 11.3 Å². The minimum Gasteiger partial charge on any atom is -0.483 e. The van der Waals surface area contributed by atoms with Gasteiger partial charge in [-0.3, -0.25) is 14.9 Å². The van der Waals surface area contributed by atoms with Gasteiger partial charge in [-0.25, -0.2) is 13.8 Å². The zero-order valence-electron chi connectivity index (χ0n) is 17.2. The lowest BCUT2D eigenvalue weighted by atomic mass is 9.96. The average molecular weight is 480 g/mol. The van der Waals surface area contributed by atoms with Crippen molar-refractivity contribution in [3.05, 3.63) is 57.6 Å². The summed E-state index contributed by atoms with van der Waals surface area (Å²) in [5, 5.41) is 3.24. The van der Waals surface area contributed by atoms with Gasteiger partial charge in [0.05, 0.1) is 10.2 Å². The van der Waals surface area contributed by atoms with Crippen molar-refractivity contribution in [3.63, 3.8) is 0 Å². The van der Waals surface area contributed by atoms with Gasteiger partial charge in [0.1, 0.15) is 23.0 Å². The van der Waals surface area contributed by atoms with Gasteiger partial charge < -0.3 is 9.64 Å². The van der Waals surface area contributed by atoms with E-state index in [1.54, 1.807) is 12.1 Å². The minimum atomic E-state index is -1.16. The van der Waals surface area contributed by atoms with Crippen LogP contribution in [0.2, 0.25) is 5.02 Å². The molecule has 10 heteroatoms. The summed E-state index contributed by atoms with van der Waals surface area (Å²) in [6.07, 6.45) is 1.16. The van der Waals surface area contributed by atoms with E-state index in [0.29, 0.717) is 28.4 Å². The number of hydrogen-bond acceptors (Lipinski definition) is 6. The highest BCUT2D eigenvalue weighted by atomic mass is 35.5. The zero-order valence-corrected chi connectivity index (χ0v) is 18.7. The second-order valence-corrected chi connectivity index (χ2v) is 9.19. The Bertz CT molecular complexity index is 1180. The number of aromatic nitrogens is 1. The van der Waals surface area contributed by atoms with E-state index < -0.39 is 29.0 Å². The van der Waals surface area contributed by atoms with E-state index in [0.717, 1.165) is 29.9 Å². The molecule has 0 unspecified atom stereocenters. The summed E-state index contributed by atoms with van der Waals surface area (Å²) >= 11 is 7.31. The molecule has 1 saturated heterocycles. The van der Waals surface area contributed by atoms with Crippen molar-refractivity contribution in [1.29, 1.82) is 0 Å². The zero-order chi connectivity index (χ0) is 22.8. The molecule has 1 fully saturated rings. The largest absolute Gasteiger partial charge is 0.483 e. The Balaban J connectivity index is 1.46. The molecule has 1 aromatic heterocycles. The van der Waals surface area contributed by atoms with E-state index in [1.807, 2.05) is 13.1 Å². The number of piperidine rings is 1. The van der Waals surface area contributed by atoms with Crippen LogP contribution >= 0.6 is 22.9 Å². The predicted molar refractivity (Wildman–Crippen MR) is 118 cm³/mol. The van der Waals surface area contributed by atoms with Gasteiger partial charge in [0.25, 0.3) is 5.91 Å². The molecule has 1 aliphatic heterocycles. The number of carbonyl (C=O) groups excluding carboxylic acids is 2. The first kappa shape index (κ1) is 22.6. The number of rotatable bonds is 5.